The first-order chi connectivity index (χ1) is 13.0. The van der Waals surface area contributed by atoms with Crippen LogP contribution in [0.25, 0.3) is 0 Å². The van der Waals surface area contributed by atoms with Crippen molar-refractivity contribution in [3.63, 3.8) is 0 Å². The molecule has 0 saturated carbocycles. The molecule has 6 nitrogen and oxygen atoms in total. The first kappa shape index (κ1) is 20.6. The van der Waals surface area contributed by atoms with Crippen molar-refractivity contribution in [3.8, 4) is 0 Å². The number of hydrogen-bond acceptors (Lipinski definition) is 4. The lowest BCUT2D eigenvalue weighted by molar-refractivity contribution is -0.131. The zero-order valence-corrected chi connectivity index (χ0v) is 16.5. The minimum Gasteiger partial charge on any atom is -0.343 e. The van der Waals surface area contributed by atoms with E-state index in [4.69, 9.17) is 0 Å². The molecule has 0 saturated heterocycles. The third-order valence-electron chi connectivity index (χ3n) is 4.08. The Morgan fingerprint density at radius 3 is 2.11 bits per heavy atom. The molecule has 2 aromatic rings. The van der Waals surface area contributed by atoms with E-state index >= 15 is 0 Å². The summed E-state index contributed by atoms with van der Waals surface area (Å²) in [7, 11) is 0. The van der Waals surface area contributed by atoms with E-state index in [1.165, 1.54) is 11.3 Å². The molecule has 7 heteroatoms. The van der Waals surface area contributed by atoms with Crippen LogP contribution >= 0.6 is 11.3 Å². The molecule has 27 heavy (non-hydrogen) atoms. The Labute approximate surface area is 163 Å². The number of carbonyl (C=O) groups is 3. The summed E-state index contributed by atoms with van der Waals surface area (Å²) in [5.41, 5.74) is 1.32. The van der Waals surface area contributed by atoms with Gasteiger partial charge < -0.3 is 15.5 Å². The molecule has 0 spiro atoms. The molecule has 0 aliphatic rings. The summed E-state index contributed by atoms with van der Waals surface area (Å²) in [5.74, 6) is -0.198. The van der Waals surface area contributed by atoms with Gasteiger partial charge in [0.1, 0.15) is 0 Å². The second kappa shape index (κ2) is 10.5. The molecule has 0 bridgehead atoms. The smallest absolute Gasteiger partial charge is 0.265 e. The number of hydrogen-bond donors (Lipinski definition) is 2. The Balaban J connectivity index is 1.76. The lowest BCUT2D eigenvalue weighted by Crippen LogP contribution is -2.30. The highest BCUT2D eigenvalue weighted by Gasteiger charge is 2.11. The Hall–Kier alpha value is -2.67. The van der Waals surface area contributed by atoms with Gasteiger partial charge in [-0.3, -0.25) is 14.4 Å². The molecule has 0 aliphatic heterocycles. The molecule has 1 aromatic heterocycles. The van der Waals surface area contributed by atoms with Crippen LogP contribution in [0.1, 0.15) is 42.8 Å². The van der Waals surface area contributed by atoms with Crippen LogP contribution in [0.4, 0.5) is 11.4 Å². The van der Waals surface area contributed by atoms with E-state index < -0.39 is 0 Å². The number of anilines is 2. The van der Waals surface area contributed by atoms with E-state index in [9.17, 15) is 14.4 Å². The molecular weight excluding hydrogens is 362 g/mol. The van der Waals surface area contributed by atoms with Gasteiger partial charge in [-0.1, -0.05) is 6.07 Å². The molecule has 0 unspecified atom stereocenters. The predicted octanol–water partition coefficient (Wildman–Crippen LogP) is 3.98. The lowest BCUT2D eigenvalue weighted by Gasteiger charge is -2.18. The number of carbonyl (C=O) groups excluding carboxylic acids is 3. The second-order valence-corrected chi connectivity index (χ2v) is 6.92. The van der Waals surface area contributed by atoms with Crippen molar-refractivity contribution in [1.29, 1.82) is 0 Å². The molecule has 2 rings (SSSR count). The van der Waals surface area contributed by atoms with Gasteiger partial charge in [-0.15, -0.1) is 11.3 Å². The fourth-order valence-electron chi connectivity index (χ4n) is 2.60. The van der Waals surface area contributed by atoms with Crippen LogP contribution in [-0.2, 0) is 9.59 Å². The monoisotopic (exact) mass is 387 g/mol. The van der Waals surface area contributed by atoms with Gasteiger partial charge in [-0.25, -0.2) is 0 Å². The lowest BCUT2D eigenvalue weighted by atomic mass is 10.2. The van der Waals surface area contributed by atoms with E-state index in [2.05, 4.69) is 10.6 Å². The highest BCUT2D eigenvalue weighted by Crippen LogP contribution is 2.16. The van der Waals surface area contributed by atoms with Crippen LogP contribution in [0.5, 0.6) is 0 Å². The Kier molecular flexibility index (Phi) is 8.00. The molecule has 2 N–H and O–H groups in total. The van der Waals surface area contributed by atoms with Gasteiger partial charge in [0.25, 0.3) is 5.91 Å². The van der Waals surface area contributed by atoms with Crippen LogP contribution in [0.3, 0.4) is 0 Å². The standard InChI is InChI=1S/C20H25N3O3S/c1-3-23(4-2)19(25)9-5-8-18(24)21-15-10-12-16(13-11-15)22-20(26)17-7-6-14-27-17/h6-7,10-14H,3-5,8-9H2,1-2H3,(H,21,24)(H,22,26). The third-order valence-corrected chi connectivity index (χ3v) is 4.95. The minimum absolute atomic E-state index is 0.0821. The Morgan fingerprint density at radius 2 is 1.56 bits per heavy atom. The van der Waals surface area contributed by atoms with Crippen molar-refractivity contribution >= 4 is 40.4 Å². The van der Waals surface area contributed by atoms with Crippen molar-refractivity contribution < 1.29 is 14.4 Å². The minimum atomic E-state index is -0.153. The van der Waals surface area contributed by atoms with Gasteiger partial charge in [0.05, 0.1) is 4.88 Å². The zero-order chi connectivity index (χ0) is 19.6. The highest BCUT2D eigenvalue weighted by atomic mass is 32.1. The van der Waals surface area contributed by atoms with Crippen molar-refractivity contribution in [2.75, 3.05) is 23.7 Å². The molecule has 0 radical (unpaired) electrons. The summed E-state index contributed by atoms with van der Waals surface area (Å²) in [6.45, 7) is 5.27. The maximum atomic E-state index is 12.0. The van der Waals surface area contributed by atoms with Gasteiger partial charge in [0.15, 0.2) is 0 Å². The van der Waals surface area contributed by atoms with Crippen molar-refractivity contribution in [3.05, 3.63) is 46.7 Å². The topological polar surface area (TPSA) is 78.5 Å². The fraction of sp³-hybridized carbons (Fsp3) is 0.350. The van der Waals surface area contributed by atoms with E-state index in [-0.39, 0.29) is 17.7 Å². The van der Waals surface area contributed by atoms with Crippen molar-refractivity contribution in [2.45, 2.75) is 33.1 Å². The van der Waals surface area contributed by atoms with Crippen LogP contribution in [0, 0.1) is 0 Å². The number of thiophene rings is 1. The van der Waals surface area contributed by atoms with Crippen LogP contribution in [0.2, 0.25) is 0 Å². The number of benzene rings is 1. The van der Waals surface area contributed by atoms with E-state index in [1.807, 2.05) is 25.3 Å². The molecule has 1 aromatic carbocycles. The first-order valence-corrected chi connectivity index (χ1v) is 9.94. The summed E-state index contributed by atoms with van der Waals surface area (Å²) >= 11 is 1.38. The van der Waals surface area contributed by atoms with Gasteiger partial charge in [0.2, 0.25) is 11.8 Å². The zero-order valence-electron chi connectivity index (χ0n) is 15.7. The first-order valence-electron chi connectivity index (χ1n) is 9.06. The molecule has 144 valence electrons. The maximum Gasteiger partial charge on any atom is 0.265 e. The number of amides is 3. The Morgan fingerprint density at radius 1 is 0.926 bits per heavy atom. The third kappa shape index (κ3) is 6.53. The van der Waals surface area contributed by atoms with E-state index in [1.54, 1.807) is 35.2 Å². The summed E-state index contributed by atoms with van der Waals surface area (Å²) in [6, 6.07) is 10.6. The summed E-state index contributed by atoms with van der Waals surface area (Å²) < 4.78 is 0. The second-order valence-electron chi connectivity index (χ2n) is 5.98. The number of nitrogens with zero attached hydrogens (tertiary/aromatic N) is 1. The molecular formula is C20H25N3O3S. The molecule has 0 atom stereocenters. The summed E-state index contributed by atoms with van der Waals surface area (Å²) in [6.07, 6.45) is 1.20. The molecule has 0 fully saturated rings. The largest absolute Gasteiger partial charge is 0.343 e. The van der Waals surface area contributed by atoms with Gasteiger partial charge in [-0.2, -0.15) is 0 Å². The SMILES string of the molecule is CCN(CC)C(=O)CCCC(=O)Nc1ccc(NC(=O)c2cccs2)cc1. The van der Waals surface area contributed by atoms with Gasteiger partial charge in [0, 0.05) is 37.3 Å². The van der Waals surface area contributed by atoms with E-state index in [0.717, 1.165) is 0 Å². The normalized spacial score (nSPS) is 10.3. The number of rotatable bonds is 9. The van der Waals surface area contributed by atoms with Crippen molar-refractivity contribution in [2.24, 2.45) is 0 Å². The van der Waals surface area contributed by atoms with Crippen LogP contribution < -0.4 is 10.6 Å². The van der Waals surface area contributed by atoms with Crippen LogP contribution in [0.15, 0.2) is 41.8 Å². The van der Waals surface area contributed by atoms with Crippen molar-refractivity contribution in [1.82, 2.24) is 4.90 Å². The number of nitrogens with one attached hydrogen (secondary N) is 2. The average molecular weight is 388 g/mol. The molecule has 1 heterocycles. The quantitative estimate of drug-likeness (QED) is 0.683. The summed E-state index contributed by atoms with van der Waals surface area (Å²) in [5, 5.41) is 7.47. The van der Waals surface area contributed by atoms with Gasteiger partial charge >= 0.3 is 0 Å². The molecule has 0 aliphatic carbocycles. The van der Waals surface area contributed by atoms with E-state index in [0.29, 0.717) is 48.6 Å². The average Bonchev–Trinajstić information content (AvgIpc) is 3.19. The maximum absolute atomic E-state index is 12.0. The predicted molar refractivity (Wildman–Crippen MR) is 109 cm³/mol. The summed E-state index contributed by atoms with van der Waals surface area (Å²) in [4.78, 5) is 38.3. The Bertz CT molecular complexity index is 753. The van der Waals surface area contributed by atoms with Gasteiger partial charge in [-0.05, 0) is 56.0 Å². The molecule has 3 amide bonds. The fourth-order valence-corrected chi connectivity index (χ4v) is 3.21. The highest BCUT2D eigenvalue weighted by molar-refractivity contribution is 7.12. The van der Waals surface area contributed by atoms with Crippen LogP contribution in [-0.4, -0.2) is 35.7 Å².